The molecule has 1 fully saturated rings. The summed E-state index contributed by atoms with van der Waals surface area (Å²) in [6.07, 6.45) is 0. The average molecular weight is 328 g/mol. The van der Waals surface area contributed by atoms with Crippen molar-refractivity contribution in [3.8, 4) is 6.07 Å². The van der Waals surface area contributed by atoms with E-state index in [1.165, 1.54) is 9.35 Å². The Hall–Kier alpha value is -0.410. The van der Waals surface area contributed by atoms with E-state index >= 15 is 0 Å². The number of thiophene rings is 1. The summed E-state index contributed by atoms with van der Waals surface area (Å²) in [5.74, 6) is 0. The van der Waals surface area contributed by atoms with Gasteiger partial charge in [0.2, 0.25) is 0 Å². The highest BCUT2D eigenvalue weighted by atomic mass is 79.9. The number of hydrogen-bond acceptors (Lipinski definition) is 4. The first-order valence-electron chi connectivity index (χ1n) is 6.13. The molecule has 0 atom stereocenters. The lowest BCUT2D eigenvalue weighted by Gasteiger charge is -2.40. The Labute approximate surface area is 121 Å². The van der Waals surface area contributed by atoms with Crippen molar-refractivity contribution in [1.82, 2.24) is 9.80 Å². The van der Waals surface area contributed by atoms with Crippen LogP contribution in [-0.2, 0) is 6.54 Å². The molecule has 0 amide bonds. The molecule has 98 valence electrons. The van der Waals surface area contributed by atoms with Crippen LogP contribution in [0.25, 0.3) is 0 Å². The van der Waals surface area contributed by atoms with Gasteiger partial charge in [0.05, 0.1) is 6.07 Å². The molecule has 3 nitrogen and oxygen atoms in total. The van der Waals surface area contributed by atoms with E-state index in [1.807, 2.05) is 13.8 Å². The highest BCUT2D eigenvalue weighted by Crippen LogP contribution is 2.25. The van der Waals surface area contributed by atoms with Crippen molar-refractivity contribution >= 4 is 27.3 Å². The first-order valence-corrected chi connectivity index (χ1v) is 7.81. The van der Waals surface area contributed by atoms with E-state index in [-0.39, 0.29) is 5.54 Å². The highest BCUT2D eigenvalue weighted by molar-refractivity contribution is 9.10. The molecule has 0 unspecified atom stereocenters. The molecule has 0 spiro atoms. The SMILES string of the molecule is CC(C)(C#N)N1CCN(Cc2sccc2Br)CC1. The molecule has 5 heteroatoms. The average Bonchev–Trinajstić information content (AvgIpc) is 2.76. The molecule has 1 aromatic rings. The zero-order valence-electron chi connectivity index (χ0n) is 10.8. The van der Waals surface area contributed by atoms with Crippen LogP contribution in [0.15, 0.2) is 15.9 Å². The maximum absolute atomic E-state index is 9.15. The number of nitriles is 1. The molecule has 0 aromatic carbocycles. The molecule has 2 heterocycles. The monoisotopic (exact) mass is 327 g/mol. The van der Waals surface area contributed by atoms with E-state index in [0.29, 0.717) is 0 Å². The van der Waals surface area contributed by atoms with Gasteiger partial charge in [0, 0.05) is 42.1 Å². The van der Waals surface area contributed by atoms with E-state index < -0.39 is 0 Å². The number of hydrogen-bond donors (Lipinski definition) is 0. The van der Waals surface area contributed by atoms with Crippen LogP contribution in [0.5, 0.6) is 0 Å². The Morgan fingerprint density at radius 3 is 2.56 bits per heavy atom. The van der Waals surface area contributed by atoms with Crippen molar-refractivity contribution in [2.75, 3.05) is 26.2 Å². The maximum Gasteiger partial charge on any atom is 0.103 e. The molecular formula is C13H18BrN3S. The quantitative estimate of drug-likeness (QED) is 0.855. The van der Waals surface area contributed by atoms with Crippen molar-refractivity contribution in [3.05, 3.63) is 20.8 Å². The minimum Gasteiger partial charge on any atom is -0.296 e. The predicted octanol–water partition coefficient (Wildman–Crippen LogP) is 2.93. The largest absolute Gasteiger partial charge is 0.296 e. The van der Waals surface area contributed by atoms with Crippen molar-refractivity contribution in [2.24, 2.45) is 0 Å². The predicted molar refractivity (Wildman–Crippen MR) is 78.6 cm³/mol. The van der Waals surface area contributed by atoms with Crippen LogP contribution in [0.4, 0.5) is 0 Å². The summed E-state index contributed by atoms with van der Waals surface area (Å²) in [6.45, 7) is 9.04. The Morgan fingerprint density at radius 1 is 1.39 bits per heavy atom. The Morgan fingerprint density at radius 2 is 2.06 bits per heavy atom. The zero-order valence-corrected chi connectivity index (χ0v) is 13.2. The molecule has 0 saturated carbocycles. The van der Waals surface area contributed by atoms with Gasteiger partial charge in [-0.1, -0.05) is 0 Å². The first-order chi connectivity index (χ1) is 8.53. The minimum atomic E-state index is -0.338. The summed E-state index contributed by atoms with van der Waals surface area (Å²) < 4.78 is 1.22. The van der Waals surface area contributed by atoms with Gasteiger partial charge in [0.25, 0.3) is 0 Å². The normalized spacial score (nSPS) is 18.8. The Balaban J connectivity index is 1.88. The second-order valence-electron chi connectivity index (χ2n) is 5.13. The van der Waals surface area contributed by atoms with Gasteiger partial charge in [-0.05, 0) is 41.2 Å². The van der Waals surface area contributed by atoms with Crippen LogP contribution in [0, 0.1) is 11.3 Å². The van der Waals surface area contributed by atoms with Gasteiger partial charge in [-0.15, -0.1) is 11.3 Å². The molecule has 0 bridgehead atoms. The van der Waals surface area contributed by atoms with Crippen LogP contribution in [-0.4, -0.2) is 41.5 Å². The summed E-state index contributed by atoms with van der Waals surface area (Å²) >= 11 is 5.38. The van der Waals surface area contributed by atoms with Crippen molar-refractivity contribution in [1.29, 1.82) is 5.26 Å². The molecule has 2 rings (SSSR count). The van der Waals surface area contributed by atoms with Crippen LogP contribution in [0.3, 0.4) is 0 Å². The van der Waals surface area contributed by atoms with E-state index in [2.05, 4.69) is 43.2 Å². The van der Waals surface area contributed by atoms with Crippen LogP contribution < -0.4 is 0 Å². The molecule has 0 N–H and O–H groups in total. The molecule has 0 radical (unpaired) electrons. The fourth-order valence-corrected chi connectivity index (χ4v) is 3.70. The smallest absolute Gasteiger partial charge is 0.103 e. The van der Waals surface area contributed by atoms with Gasteiger partial charge in [-0.25, -0.2) is 0 Å². The third kappa shape index (κ3) is 3.12. The summed E-state index contributed by atoms with van der Waals surface area (Å²) in [5, 5.41) is 11.3. The van der Waals surface area contributed by atoms with Gasteiger partial charge in [0.15, 0.2) is 0 Å². The number of nitrogens with zero attached hydrogens (tertiary/aromatic N) is 3. The van der Waals surface area contributed by atoms with Gasteiger partial charge in [-0.2, -0.15) is 5.26 Å². The topological polar surface area (TPSA) is 30.3 Å². The van der Waals surface area contributed by atoms with Crippen LogP contribution in [0.2, 0.25) is 0 Å². The maximum atomic E-state index is 9.15. The summed E-state index contributed by atoms with van der Waals surface area (Å²) in [6, 6.07) is 4.49. The van der Waals surface area contributed by atoms with Gasteiger partial charge in [0.1, 0.15) is 5.54 Å². The number of piperazine rings is 1. The zero-order chi connectivity index (χ0) is 13.2. The summed E-state index contributed by atoms with van der Waals surface area (Å²) in [5.41, 5.74) is -0.338. The van der Waals surface area contributed by atoms with Crippen molar-refractivity contribution in [2.45, 2.75) is 25.9 Å². The fraction of sp³-hybridized carbons (Fsp3) is 0.615. The lowest BCUT2D eigenvalue weighted by atomic mass is 10.0. The molecule has 1 saturated heterocycles. The van der Waals surface area contributed by atoms with E-state index in [1.54, 1.807) is 11.3 Å². The van der Waals surface area contributed by atoms with Gasteiger partial charge >= 0.3 is 0 Å². The lowest BCUT2D eigenvalue weighted by molar-refractivity contribution is 0.0768. The van der Waals surface area contributed by atoms with Crippen LogP contribution in [0.1, 0.15) is 18.7 Å². The van der Waals surface area contributed by atoms with E-state index in [9.17, 15) is 0 Å². The number of rotatable bonds is 3. The second kappa shape index (κ2) is 5.70. The molecular weight excluding hydrogens is 310 g/mol. The molecule has 1 aliphatic rings. The van der Waals surface area contributed by atoms with Crippen molar-refractivity contribution in [3.63, 3.8) is 0 Å². The third-order valence-corrected chi connectivity index (χ3v) is 5.41. The van der Waals surface area contributed by atoms with E-state index in [4.69, 9.17) is 5.26 Å². The molecule has 0 aliphatic carbocycles. The van der Waals surface area contributed by atoms with Gasteiger partial charge in [-0.3, -0.25) is 9.80 Å². The summed E-state index contributed by atoms with van der Waals surface area (Å²) in [7, 11) is 0. The Bertz CT molecular complexity index is 441. The van der Waals surface area contributed by atoms with E-state index in [0.717, 1.165) is 32.7 Å². The van der Waals surface area contributed by atoms with Crippen LogP contribution >= 0.6 is 27.3 Å². The minimum absolute atomic E-state index is 0.338. The second-order valence-corrected chi connectivity index (χ2v) is 6.98. The summed E-state index contributed by atoms with van der Waals surface area (Å²) in [4.78, 5) is 6.12. The fourth-order valence-electron chi connectivity index (χ4n) is 2.18. The third-order valence-electron chi connectivity index (χ3n) is 3.49. The molecule has 1 aromatic heterocycles. The first kappa shape index (κ1) is 14.0. The molecule has 18 heavy (non-hydrogen) atoms. The molecule has 1 aliphatic heterocycles. The standard InChI is InChI=1S/C13H18BrN3S/c1-13(2,10-15)17-6-4-16(5-7-17)9-12-11(14)3-8-18-12/h3,8H,4-7,9H2,1-2H3. The Kier molecular flexibility index (Phi) is 4.44. The highest BCUT2D eigenvalue weighted by Gasteiger charge is 2.29. The number of halogens is 1. The van der Waals surface area contributed by atoms with Crippen molar-refractivity contribution < 1.29 is 0 Å². The van der Waals surface area contributed by atoms with Gasteiger partial charge < -0.3 is 0 Å². The lowest BCUT2D eigenvalue weighted by Crippen LogP contribution is -2.53.